The summed E-state index contributed by atoms with van der Waals surface area (Å²) in [7, 11) is 0. The summed E-state index contributed by atoms with van der Waals surface area (Å²) in [5, 5.41) is 12.9. The highest BCUT2D eigenvalue weighted by molar-refractivity contribution is 5.82. The Balaban J connectivity index is 1.89. The first-order valence-electron chi connectivity index (χ1n) is 6.46. The van der Waals surface area contributed by atoms with E-state index in [9.17, 15) is 8.78 Å². The van der Waals surface area contributed by atoms with Crippen molar-refractivity contribution < 1.29 is 8.78 Å². The first-order chi connectivity index (χ1) is 9.64. The molecule has 1 aromatic heterocycles. The molecule has 5 heteroatoms. The van der Waals surface area contributed by atoms with Crippen LogP contribution in [0.2, 0.25) is 0 Å². The summed E-state index contributed by atoms with van der Waals surface area (Å²) in [6, 6.07) is 11.2. The Hall–Kier alpha value is -2.22. The molecule has 3 nitrogen and oxygen atoms in total. The lowest BCUT2D eigenvalue weighted by molar-refractivity contribution is 0.0687. The molecule has 1 aliphatic carbocycles. The van der Waals surface area contributed by atoms with Gasteiger partial charge in [-0.1, -0.05) is 18.2 Å². The standard InChI is InChI=1S/C15H13F2N3/c16-14(17)15(5-6-15)9-19-13-11(8-18)7-10-3-1-2-4-12(10)20-13/h1-4,7,14H,5-6,9H2,(H,19,20). The molecule has 1 aromatic carbocycles. The van der Waals surface area contributed by atoms with Gasteiger partial charge in [0.15, 0.2) is 0 Å². The molecule has 0 spiro atoms. The summed E-state index contributed by atoms with van der Waals surface area (Å²) in [6.45, 7) is 0.157. The lowest BCUT2D eigenvalue weighted by Crippen LogP contribution is -2.23. The van der Waals surface area contributed by atoms with Crippen LogP contribution in [0.3, 0.4) is 0 Å². The highest BCUT2D eigenvalue weighted by atomic mass is 19.3. The predicted octanol–water partition coefficient (Wildman–Crippen LogP) is 3.56. The fourth-order valence-electron chi connectivity index (χ4n) is 2.23. The minimum atomic E-state index is -2.33. The topological polar surface area (TPSA) is 48.7 Å². The van der Waals surface area contributed by atoms with Gasteiger partial charge in [0, 0.05) is 17.3 Å². The zero-order valence-electron chi connectivity index (χ0n) is 10.7. The van der Waals surface area contributed by atoms with Crippen molar-refractivity contribution in [2.24, 2.45) is 5.41 Å². The number of nitrogens with zero attached hydrogens (tertiary/aromatic N) is 2. The fourth-order valence-corrected chi connectivity index (χ4v) is 2.23. The fraction of sp³-hybridized carbons (Fsp3) is 0.333. The van der Waals surface area contributed by atoms with Gasteiger partial charge in [0.1, 0.15) is 11.9 Å². The summed E-state index contributed by atoms with van der Waals surface area (Å²) < 4.78 is 25.8. The molecule has 1 fully saturated rings. The molecule has 3 rings (SSSR count). The summed E-state index contributed by atoms with van der Waals surface area (Å²) >= 11 is 0. The van der Waals surface area contributed by atoms with Crippen LogP contribution >= 0.6 is 0 Å². The van der Waals surface area contributed by atoms with Crippen molar-refractivity contribution in [3.8, 4) is 6.07 Å². The van der Waals surface area contributed by atoms with Crippen molar-refractivity contribution in [2.45, 2.75) is 19.3 Å². The number of aromatic nitrogens is 1. The molecule has 102 valence electrons. The Morgan fingerprint density at radius 3 is 2.75 bits per heavy atom. The van der Waals surface area contributed by atoms with Gasteiger partial charge in [0.25, 0.3) is 0 Å². The van der Waals surface area contributed by atoms with E-state index in [0.29, 0.717) is 24.2 Å². The predicted molar refractivity (Wildman–Crippen MR) is 72.6 cm³/mol. The van der Waals surface area contributed by atoms with Gasteiger partial charge in [-0.25, -0.2) is 13.8 Å². The second-order valence-electron chi connectivity index (χ2n) is 5.21. The largest absolute Gasteiger partial charge is 0.368 e. The number of halogens is 2. The molecular weight excluding hydrogens is 260 g/mol. The van der Waals surface area contributed by atoms with E-state index in [1.54, 1.807) is 6.07 Å². The molecule has 0 aliphatic heterocycles. The maximum atomic E-state index is 12.9. The minimum Gasteiger partial charge on any atom is -0.368 e. The number of anilines is 1. The van der Waals surface area contributed by atoms with Crippen LogP contribution in [-0.4, -0.2) is 18.0 Å². The van der Waals surface area contributed by atoms with E-state index in [-0.39, 0.29) is 6.54 Å². The Labute approximate surface area is 115 Å². The molecule has 1 saturated carbocycles. The third-order valence-corrected chi connectivity index (χ3v) is 3.81. The second kappa shape index (κ2) is 4.71. The molecule has 1 heterocycles. The van der Waals surface area contributed by atoms with Crippen molar-refractivity contribution in [1.29, 1.82) is 5.26 Å². The molecule has 0 bridgehead atoms. The van der Waals surface area contributed by atoms with Gasteiger partial charge >= 0.3 is 0 Å². The van der Waals surface area contributed by atoms with Gasteiger partial charge < -0.3 is 5.32 Å². The van der Waals surface area contributed by atoms with Gasteiger partial charge in [-0.15, -0.1) is 0 Å². The number of benzene rings is 1. The van der Waals surface area contributed by atoms with Gasteiger partial charge in [0.05, 0.1) is 11.1 Å². The summed E-state index contributed by atoms with van der Waals surface area (Å²) in [5.74, 6) is 0.387. The van der Waals surface area contributed by atoms with E-state index in [1.807, 2.05) is 24.3 Å². The maximum Gasteiger partial charge on any atom is 0.245 e. The molecule has 0 atom stereocenters. The number of rotatable bonds is 4. The quantitative estimate of drug-likeness (QED) is 0.926. The summed E-state index contributed by atoms with van der Waals surface area (Å²) in [5.41, 5.74) is 0.199. The van der Waals surface area contributed by atoms with E-state index >= 15 is 0 Å². The number of hydrogen-bond donors (Lipinski definition) is 1. The summed E-state index contributed by atoms with van der Waals surface area (Å²) in [6.07, 6.45) is -1.29. The molecule has 2 aromatic rings. The number of hydrogen-bond acceptors (Lipinski definition) is 3. The van der Waals surface area contributed by atoms with Gasteiger partial charge in [0.2, 0.25) is 6.43 Å². The van der Waals surface area contributed by atoms with Crippen LogP contribution in [0.5, 0.6) is 0 Å². The first kappa shape index (κ1) is 12.8. The maximum absolute atomic E-state index is 12.9. The Morgan fingerprint density at radius 1 is 1.35 bits per heavy atom. The van der Waals surface area contributed by atoms with Crippen molar-refractivity contribution >= 4 is 16.7 Å². The van der Waals surface area contributed by atoms with Crippen molar-refractivity contribution in [1.82, 2.24) is 4.98 Å². The molecule has 20 heavy (non-hydrogen) atoms. The molecule has 1 aliphatic rings. The van der Waals surface area contributed by atoms with Crippen LogP contribution in [0.25, 0.3) is 10.9 Å². The van der Waals surface area contributed by atoms with Gasteiger partial charge in [-0.2, -0.15) is 5.26 Å². The smallest absolute Gasteiger partial charge is 0.245 e. The number of pyridine rings is 1. The Morgan fingerprint density at radius 2 is 2.10 bits per heavy atom. The number of alkyl halides is 2. The SMILES string of the molecule is N#Cc1cc2ccccc2nc1NCC1(C(F)F)CC1. The van der Waals surface area contributed by atoms with Crippen molar-refractivity contribution in [3.63, 3.8) is 0 Å². The van der Waals surface area contributed by atoms with Crippen LogP contribution < -0.4 is 5.32 Å². The normalized spacial score (nSPS) is 16.1. The van der Waals surface area contributed by atoms with E-state index in [0.717, 1.165) is 10.9 Å². The van der Waals surface area contributed by atoms with Gasteiger partial charge in [-0.05, 0) is 25.0 Å². The molecule has 0 radical (unpaired) electrons. The number of fused-ring (bicyclic) bond motifs is 1. The van der Waals surface area contributed by atoms with Gasteiger partial charge in [-0.3, -0.25) is 0 Å². The second-order valence-corrected chi connectivity index (χ2v) is 5.21. The first-order valence-corrected chi connectivity index (χ1v) is 6.46. The lowest BCUT2D eigenvalue weighted by Gasteiger charge is -2.16. The highest BCUT2D eigenvalue weighted by Gasteiger charge is 2.50. The number of para-hydroxylation sites is 1. The monoisotopic (exact) mass is 273 g/mol. The lowest BCUT2D eigenvalue weighted by atomic mass is 10.1. The molecular formula is C15H13F2N3. The zero-order chi connectivity index (χ0) is 14.2. The molecule has 0 unspecified atom stereocenters. The van der Waals surface area contributed by atoms with E-state index in [2.05, 4.69) is 16.4 Å². The van der Waals surface area contributed by atoms with Crippen LogP contribution in [0.4, 0.5) is 14.6 Å². The van der Waals surface area contributed by atoms with Crippen LogP contribution in [0.1, 0.15) is 18.4 Å². The summed E-state index contributed by atoms with van der Waals surface area (Å²) in [4.78, 5) is 4.36. The highest BCUT2D eigenvalue weighted by Crippen LogP contribution is 2.50. The third-order valence-electron chi connectivity index (χ3n) is 3.81. The Kier molecular flexibility index (Phi) is 3.01. The minimum absolute atomic E-state index is 0.157. The van der Waals surface area contributed by atoms with Crippen LogP contribution in [0.15, 0.2) is 30.3 Å². The van der Waals surface area contributed by atoms with Crippen molar-refractivity contribution in [2.75, 3.05) is 11.9 Å². The molecule has 0 amide bonds. The Bertz CT molecular complexity index is 687. The van der Waals surface area contributed by atoms with Crippen LogP contribution in [-0.2, 0) is 0 Å². The van der Waals surface area contributed by atoms with Crippen LogP contribution in [0, 0.1) is 16.7 Å². The van der Waals surface area contributed by atoms with E-state index in [4.69, 9.17) is 5.26 Å². The number of nitriles is 1. The third kappa shape index (κ3) is 2.18. The van der Waals surface area contributed by atoms with E-state index in [1.165, 1.54) is 0 Å². The zero-order valence-corrected chi connectivity index (χ0v) is 10.7. The average molecular weight is 273 g/mol. The number of nitrogens with one attached hydrogen (secondary N) is 1. The average Bonchev–Trinajstić information content (AvgIpc) is 3.25. The molecule has 1 N–H and O–H groups in total. The van der Waals surface area contributed by atoms with E-state index < -0.39 is 11.8 Å². The van der Waals surface area contributed by atoms with Crippen molar-refractivity contribution in [3.05, 3.63) is 35.9 Å². The molecule has 0 saturated heterocycles.